The summed E-state index contributed by atoms with van der Waals surface area (Å²) < 4.78 is 5.06. The summed E-state index contributed by atoms with van der Waals surface area (Å²) in [6.45, 7) is 0. The fraction of sp³-hybridized carbons (Fsp3) is 0.0769. The van der Waals surface area contributed by atoms with Crippen LogP contribution in [0, 0.1) is 0 Å². The van der Waals surface area contributed by atoms with Crippen LogP contribution in [0.15, 0.2) is 29.4 Å². The summed E-state index contributed by atoms with van der Waals surface area (Å²) in [5.74, 6) is 0.916. The zero-order valence-electron chi connectivity index (χ0n) is 10.8. The maximum absolute atomic E-state index is 9.71. The molecule has 0 spiro atoms. The van der Waals surface area contributed by atoms with Crippen molar-refractivity contribution < 1.29 is 9.84 Å². The van der Waals surface area contributed by atoms with Gasteiger partial charge in [0.25, 0.3) is 0 Å². The molecule has 0 saturated heterocycles. The molecule has 0 amide bonds. The summed E-state index contributed by atoms with van der Waals surface area (Å²) in [6.07, 6.45) is 1.40. The number of hydrazone groups is 1. The van der Waals surface area contributed by atoms with Gasteiger partial charge in [0.15, 0.2) is 5.82 Å². The third-order valence-corrected chi connectivity index (χ3v) is 3.46. The van der Waals surface area contributed by atoms with Crippen LogP contribution >= 0.6 is 34.8 Å². The van der Waals surface area contributed by atoms with Crippen molar-refractivity contribution >= 4 is 46.8 Å². The van der Waals surface area contributed by atoms with Crippen molar-refractivity contribution in [3.63, 3.8) is 0 Å². The average Bonchev–Trinajstić information content (AvgIpc) is 2.46. The first-order valence-corrected chi connectivity index (χ1v) is 6.82. The molecule has 5 nitrogen and oxygen atoms in total. The normalized spacial score (nSPS) is 10.9. The highest BCUT2D eigenvalue weighted by atomic mass is 35.5. The maximum atomic E-state index is 9.71. The lowest BCUT2D eigenvalue weighted by Crippen LogP contribution is -1.96. The number of halogens is 3. The van der Waals surface area contributed by atoms with E-state index in [9.17, 15) is 5.11 Å². The van der Waals surface area contributed by atoms with E-state index in [1.54, 1.807) is 12.1 Å². The number of aromatic hydroxyl groups is 1. The molecule has 0 bridgehead atoms. The molecule has 2 rings (SSSR count). The van der Waals surface area contributed by atoms with Gasteiger partial charge in [-0.3, -0.25) is 5.43 Å². The number of hydrogen-bond acceptors (Lipinski definition) is 5. The van der Waals surface area contributed by atoms with Gasteiger partial charge in [-0.1, -0.05) is 34.8 Å². The highest BCUT2D eigenvalue weighted by Crippen LogP contribution is 2.29. The molecule has 0 fully saturated rings. The minimum Gasteiger partial charge on any atom is -0.507 e. The largest absolute Gasteiger partial charge is 0.507 e. The molecule has 2 aromatic rings. The van der Waals surface area contributed by atoms with Gasteiger partial charge in [0.2, 0.25) is 0 Å². The summed E-state index contributed by atoms with van der Waals surface area (Å²) in [6, 6.07) is 6.23. The molecule has 1 aromatic heterocycles. The maximum Gasteiger partial charge on any atom is 0.166 e. The Morgan fingerprint density at radius 2 is 2.00 bits per heavy atom. The van der Waals surface area contributed by atoms with Crippen molar-refractivity contribution in [2.75, 3.05) is 12.5 Å². The molecule has 0 aliphatic carbocycles. The number of ether oxygens (including phenoxy) is 1. The SMILES string of the molecule is COc1ccc(O)c(/C=N/Nc2nc(Cl)c(Cl)cc2Cl)c1. The number of phenols is 1. The standard InChI is InChI=1S/C13H10Cl3N3O2/c1-21-8-2-3-11(20)7(4-8)6-17-19-13-10(15)5-9(14)12(16)18-13/h2-6,20H,1H3,(H,18,19)/b17-6+. The lowest BCUT2D eigenvalue weighted by atomic mass is 10.2. The second kappa shape index (κ2) is 6.85. The van der Waals surface area contributed by atoms with Crippen molar-refractivity contribution in [2.45, 2.75) is 0 Å². The highest BCUT2D eigenvalue weighted by molar-refractivity contribution is 6.42. The Morgan fingerprint density at radius 1 is 1.24 bits per heavy atom. The Balaban J connectivity index is 2.18. The minimum atomic E-state index is 0.0644. The van der Waals surface area contributed by atoms with Crippen LogP contribution in [0.3, 0.4) is 0 Å². The number of pyridine rings is 1. The highest BCUT2D eigenvalue weighted by Gasteiger charge is 2.07. The van der Waals surface area contributed by atoms with E-state index in [0.717, 1.165) is 0 Å². The van der Waals surface area contributed by atoms with Gasteiger partial charge in [-0.05, 0) is 24.3 Å². The van der Waals surface area contributed by atoms with E-state index in [0.29, 0.717) is 11.3 Å². The monoisotopic (exact) mass is 345 g/mol. The second-order valence-electron chi connectivity index (χ2n) is 3.89. The number of anilines is 1. The molecular weight excluding hydrogens is 337 g/mol. The lowest BCUT2D eigenvalue weighted by molar-refractivity contribution is 0.412. The van der Waals surface area contributed by atoms with Crippen LogP contribution in [0.2, 0.25) is 15.2 Å². The van der Waals surface area contributed by atoms with Crippen LogP contribution in [0.5, 0.6) is 11.5 Å². The van der Waals surface area contributed by atoms with Crippen molar-refractivity contribution in [1.82, 2.24) is 4.98 Å². The van der Waals surface area contributed by atoms with E-state index in [1.165, 1.54) is 25.5 Å². The van der Waals surface area contributed by atoms with E-state index >= 15 is 0 Å². The topological polar surface area (TPSA) is 66.7 Å². The first kappa shape index (κ1) is 15.7. The molecule has 0 aliphatic heterocycles. The predicted octanol–water partition coefficient (Wildman–Crippen LogP) is 4.20. The van der Waals surface area contributed by atoms with Crippen LogP contribution in [0.25, 0.3) is 0 Å². The first-order chi connectivity index (χ1) is 10.0. The van der Waals surface area contributed by atoms with Gasteiger partial charge in [0.05, 0.1) is 23.4 Å². The molecule has 8 heteroatoms. The van der Waals surface area contributed by atoms with Gasteiger partial charge >= 0.3 is 0 Å². The Kier molecular flexibility index (Phi) is 5.12. The van der Waals surface area contributed by atoms with Gasteiger partial charge < -0.3 is 9.84 Å². The molecule has 0 aliphatic rings. The Morgan fingerprint density at radius 3 is 2.71 bits per heavy atom. The fourth-order valence-corrected chi connectivity index (χ4v) is 1.99. The molecule has 0 atom stereocenters. The quantitative estimate of drug-likeness (QED) is 0.494. The van der Waals surface area contributed by atoms with Gasteiger partial charge in [0.1, 0.15) is 16.7 Å². The molecule has 1 heterocycles. The molecule has 0 radical (unpaired) electrons. The van der Waals surface area contributed by atoms with Gasteiger partial charge in [-0.25, -0.2) is 4.98 Å². The lowest BCUT2D eigenvalue weighted by Gasteiger charge is -2.05. The molecule has 1 aromatic carbocycles. The van der Waals surface area contributed by atoms with Gasteiger partial charge in [-0.2, -0.15) is 5.10 Å². The smallest absolute Gasteiger partial charge is 0.166 e. The number of hydrogen-bond donors (Lipinski definition) is 2. The summed E-state index contributed by atoms with van der Waals surface area (Å²) in [7, 11) is 1.53. The van der Waals surface area contributed by atoms with Crippen LogP contribution in [0.1, 0.15) is 5.56 Å². The number of nitrogens with one attached hydrogen (secondary N) is 1. The number of methoxy groups -OCH3 is 1. The molecule has 0 saturated carbocycles. The van der Waals surface area contributed by atoms with Crippen molar-refractivity contribution in [3.05, 3.63) is 45.0 Å². The van der Waals surface area contributed by atoms with E-state index in [-0.39, 0.29) is 26.8 Å². The summed E-state index contributed by atoms with van der Waals surface area (Å²) in [4.78, 5) is 3.95. The zero-order valence-corrected chi connectivity index (χ0v) is 13.0. The van der Waals surface area contributed by atoms with E-state index < -0.39 is 0 Å². The zero-order chi connectivity index (χ0) is 15.4. The van der Waals surface area contributed by atoms with Crippen molar-refractivity contribution in [3.8, 4) is 11.5 Å². The number of nitrogens with zero attached hydrogens (tertiary/aromatic N) is 2. The number of benzene rings is 1. The Hall–Kier alpha value is -1.69. The molecular formula is C13H10Cl3N3O2. The van der Waals surface area contributed by atoms with Gasteiger partial charge in [0, 0.05) is 5.56 Å². The van der Waals surface area contributed by atoms with E-state index in [4.69, 9.17) is 39.5 Å². The summed E-state index contributed by atoms with van der Waals surface area (Å²) in [5.41, 5.74) is 3.10. The van der Waals surface area contributed by atoms with Crippen LogP contribution < -0.4 is 10.2 Å². The molecule has 110 valence electrons. The molecule has 2 N–H and O–H groups in total. The van der Waals surface area contributed by atoms with Crippen molar-refractivity contribution in [2.24, 2.45) is 5.10 Å². The fourth-order valence-electron chi connectivity index (χ4n) is 1.45. The van der Waals surface area contributed by atoms with Gasteiger partial charge in [-0.15, -0.1) is 0 Å². The van der Waals surface area contributed by atoms with Crippen LogP contribution in [0.4, 0.5) is 5.82 Å². The number of rotatable bonds is 4. The Labute approximate surface area is 136 Å². The average molecular weight is 347 g/mol. The predicted molar refractivity (Wildman–Crippen MR) is 85.1 cm³/mol. The third-order valence-electron chi connectivity index (χ3n) is 2.50. The number of phenolic OH excluding ortho intramolecular Hbond substituents is 1. The second-order valence-corrected chi connectivity index (χ2v) is 5.06. The number of aromatic nitrogens is 1. The Bertz CT molecular complexity index is 693. The van der Waals surface area contributed by atoms with Crippen molar-refractivity contribution in [1.29, 1.82) is 0 Å². The van der Waals surface area contributed by atoms with E-state index in [1.807, 2.05) is 0 Å². The molecule has 0 unspecified atom stereocenters. The van der Waals surface area contributed by atoms with Crippen LogP contribution in [-0.2, 0) is 0 Å². The molecule has 21 heavy (non-hydrogen) atoms. The van der Waals surface area contributed by atoms with Crippen LogP contribution in [-0.4, -0.2) is 23.4 Å². The minimum absolute atomic E-state index is 0.0644. The first-order valence-electron chi connectivity index (χ1n) is 5.69. The summed E-state index contributed by atoms with van der Waals surface area (Å²) >= 11 is 17.5. The van der Waals surface area contributed by atoms with E-state index in [2.05, 4.69) is 15.5 Å². The summed E-state index contributed by atoms with van der Waals surface area (Å²) in [5, 5.41) is 14.3. The third kappa shape index (κ3) is 3.91.